The van der Waals surface area contributed by atoms with Gasteiger partial charge in [0.1, 0.15) is 10.6 Å². The fourth-order valence-corrected chi connectivity index (χ4v) is 6.76. The molecule has 0 unspecified atom stereocenters. The predicted octanol–water partition coefficient (Wildman–Crippen LogP) is 5.40. The number of nitrogens with zero attached hydrogens (tertiary/aromatic N) is 5. The number of ether oxygens (including phenoxy) is 1. The molecule has 0 atom stereocenters. The van der Waals surface area contributed by atoms with Crippen LogP contribution in [0.25, 0.3) is 22.2 Å². The predicted molar refractivity (Wildman–Crippen MR) is 162 cm³/mol. The number of methoxy groups -OCH3 is 1. The van der Waals surface area contributed by atoms with Gasteiger partial charge in [-0.2, -0.15) is 0 Å². The van der Waals surface area contributed by atoms with Gasteiger partial charge in [-0.3, -0.25) is 4.72 Å². The highest BCUT2D eigenvalue weighted by molar-refractivity contribution is 7.92. The summed E-state index contributed by atoms with van der Waals surface area (Å²) in [6.45, 7) is 2.08. The molecule has 1 aliphatic rings. The second-order valence-electron chi connectivity index (χ2n) is 10.4. The molecule has 2 heterocycles. The Morgan fingerprint density at radius 2 is 1.83 bits per heavy atom. The van der Waals surface area contributed by atoms with E-state index in [9.17, 15) is 8.42 Å². The summed E-state index contributed by atoms with van der Waals surface area (Å²) in [6, 6.07) is 12.6. The van der Waals surface area contributed by atoms with Gasteiger partial charge in [0, 0.05) is 35.3 Å². The SMILES string of the molecule is CCc1cc(-c2nnc(NS(=O)(=O)c3ccccc3Cl)cc2OC)cc2cnc(N[C@H]3CC[C@H](N(C)C)CC3)nc12. The van der Waals surface area contributed by atoms with E-state index in [-0.39, 0.29) is 15.7 Å². The van der Waals surface area contributed by atoms with Crippen molar-refractivity contribution in [2.24, 2.45) is 0 Å². The Bertz CT molecular complexity index is 1660. The molecule has 2 aromatic heterocycles. The van der Waals surface area contributed by atoms with Crippen molar-refractivity contribution in [3.05, 3.63) is 59.2 Å². The number of hydrogen-bond donors (Lipinski definition) is 2. The standard InChI is InChI=1S/C29H34ClN7O3S/c1-5-18-14-19(15-20-17-31-29(33-27(18)20)32-21-10-12-22(13-11-21)37(2)3)28-24(40-4)16-26(34-35-28)36-41(38,39)25-9-7-6-8-23(25)30/h6-9,14-17,21-22H,5,10-13H2,1-4H3,(H,34,36)(H,31,32,33)/t21-,22-. The molecule has 41 heavy (non-hydrogen) atoms. The number of aryl methyl sites for hydroxylation is 1. The summed E-state index contributed by atoms with van der Waals surface area (Å²) in [7, 11) is 1.82. The average molecular weight is 596 g/mol. The summed E-state index contributed by atoms with van der Waals surface area (Å²) in [5.41, 5.74) is 3.16. The van der Waals surface area contributed by atoms with E-state index >= 15 is 0 Å². The molecule has 0 saturated heterocycles. The third-order valence-corrected chi connectivity index (χ3v) is 9.38. The summed E-state index contributed by atoms with van der Waals surface area (Å²) >= 11 is 6.09. The highest BCUT2D eigenvalue weighted by Gasteiger charge is 2.24. The smallest absolute Gasteiger partial charge is 0.264 e. The summed E-state index contributed by atoms with van der Waals surface area (Å²) in [6.07, 6.45) is 7.07. The number of anilines is 2. The van der Waals surface area contributed by atoms with Crippen molar-refractivity contribution in [1.82, 2.24) is 25.1 Å². The van der Waals surface area contributed by atoms with Crippen molar-refractivity contribution in [3.63, 3.8) is 0 Å². The third-order valence-electron chi connectivity index (χ3n) is 7.52. The van der Waals surface area contributed by atoms with Crippen molar-refractivity contribution in [2.45, 2.75) is 56.0 Å². The third kappa shape index (κ3) is 6.37. The number of nitrogens with one attached hydrogen (secondary N) is 2. The molecule has 1 aliphatic carbocycles. The Morgan fingerprint density at radius 1 is 1.07 bits per heavy atom. The minimum atomic E-state index is -3.97. The molecule has 1 fully saturated rings. The maximum atomic E-state index is 12.9. The van der Waals surface area contributed by atoms with Gasteiger partial charge in [0.25, 0.3) is 10.0 Å². The molecule has 2 N–H and O–H groups in total. The van der Waals surface area contributed by atoms with Crippen LogP contribution in [0, 0.1) is 0 Å². The van der Waals surface area contributed by atoms with Crippen LogP contribution in [0.4, 0.5) is 11.8 Å². The van der Waals surface area contributed by atoms with Gasteiger partial charge in [-0.1, -0.05) is 30.7 Å². The van der Waals surface area contributed by atoms with E-state index in [2.05, 4.69) is 51.1 Å². The molecule has 10 nitrogen and oxygen atoms in total. The van der Waals surface area contributed by atoms with Gasteiger partial charge in [0.05, 0.1) is 17.6 Å². The van der Waals surface area contributed by atoms with Crippen LogP contribution >= 0.6 is 11.6 Å². The normalized spacial score (nSPS) is 17.5. The first-order valence-electron chi connectivity index (χ1n) is 13.6. The second-order valence-corrected chi connectivity index (χ2v) is 12.5. The first kappa shape index (κ1) is 29.0. The minimum absolute atomic E-state index is 0.0145. The van der Waals surface area contributed by atoms with Gasteiger partial charge in [-0.25, -0.2) is 18.4 Å². The molecule has 5 rings (SSSR count). The fourth-order valence-electron chi connectivity index (χ4n) is 5.25. The van der Waals surface area contributed by atoms with Gasteiger partial charge >= 0.3 is 0 Å². The quantitative estimate of drug-likeness (QED) is 0.262. The zero-order valence-electron chi connectivity index (χ0n) is 23.6. The van der Waals surface area contributed by atoms with E-state index in [1.54, 1.807) is 12.1 Å². The molecule has 216 valence electrons. The Kier molecular flexibility index (Phi) is 8.58. The highest BCUT2D eigenvalue weighted by Crippen LogP contribution is 2.34. The maximum absolute atomic E-state index is 12.9. The molecule has 2 aromatic carbocycles. The average Bonchev–Trinajstić information content (AvgIpc) is 2.96. The van der Waals surface area contributed by atoms with Crippen LogP contribution in [0.3, 0.4) is 0 Å². The van der Waals surface area contributed by atoms with Crippen molar-refractivity contribution < 1.29 is 13.2 Å². The fraction of sp³-hybridized carbons (Fsp3) is 0.379. The summed E-state index contributed by atoms with van der Waals surface area (Å²) in [5, 5.41) is 13.0. The van der Waals surface area contributed by atoms with Gasteiger partial charge in [-0.15, -0.1) is 10.2 Å². The number of halogens is 1. The van der Waals surface area contributed by atoms with E-state index in [0.29, 0.717) is 29.5 Å². The molecule has 4 aromatic rings. The second kappa shape index (κ2) is 12.1. The van der Waals surface area contributed by atoms with Gasteiger partial charge in [-0.05, 0) is 76.0 Å². The van der Waals surface area contributed by atoms with Gasteiger partial charge in [0.15, 0.2) is 11.6 Å². The van der Waals surface area contributed by atoms with Crippen LogP contribution in [-0.2, 0) is 16.4 Å². The molecule has 0 spiro atoms. The number of benzene rings is 2. The molecular weight excluding hydrogens is 562 g/mol. The van der Waals surface area contributed by atoms with Crippen molar-refractivity contribution in [3.8, 4) is 17.0 Å². The van der Waals surface area contributed by atoms with Crippen LogP contribution in [0.5, 0.6) is 5.75 Å². The van der Waals surface area contributed by atoms with Crippen molar-refractivity contribution in [1.29, 1.82) is 0 Å². The lowest BCUT2D eigenvalue weighted by Gasteiger charge is -2.32. The first-order valence-corrected chi connectivity index (χ1v) is 15.5. The summed E-state index contributed by atoms with van der Waals surface area (Å²) in [4.78, 5) is 11.7. The van der Waals surface area contributed by atoms with E-state index in [1.807, 2.05) is 18.3 Å². The molecule has 12 heteroatoms. The van der Waals surface area contributed by atoms with Crippen LogP contribution < -0.4 is 14.8 Å². The zero-order chi connectivity index (χ0) is 29.1. The summed E-state index contributed by atoms with van der Waals surface area (Å²) < 4.78 is 33.8. The molecule has 1 saturated carbocycles. The molecule has 0 amide bonds. The zero-order valence-corrected chi connectivity index (χ0v) is 25.1. The number of rotatable bonds is 9. The van der Waals surface area contributed by atoms with E-state index in [4.69, 9.17) is 21.3 Å². The van der Waals surface area contributed by atoms with Crippen LogP contribution in [-0.4, -0.2) is 66.8 Å². The van der Waals surface area contributed by atoms with Gasteiger partial charge in [0.2, 0.25) is 5.95 Å². The lowest BCUT2D eigenvalue weighted by atomic mass is 9.90. The lowest BCUT2D eigenvalue weighted by Crippen LogP contribution is -2.36. The monoisotopic (exact) mass is 595 g/mol. The van der Waals surface area contributed by atoms with E-state index in [0.717, 1.165) is 54.1 Å². The van der Waals surface area contributed by atoms with Gasteiger partial charge < -0.3 is 15.0 Å². The van der Waals surface area contributed by atoms with Crippen LogP contribution in [0.1, 0.15) is 38.2 Å². The molecule has 0 radical (unpaired) electrons. The van der Waals surface area contributed by atoms with E-state index in [1.165, 1.54) is 25.3 Å². The number of aromatic nitrogens is 4. The van der Waals surface area contributed by atoms with Crippen molar-refractivity contribution >= 4 is 44.3 Å². The van der Waals surface area contributed by atoms with Crippen molar-refractivity contribution in [2.75, 3.05) is 31.2 Å². The van der Waals surface area contributed by atoms with E-state index < -0.39 is 10.0 Å². The topological polar surface area (TPSA) is 122 Å². The summed E-state index contributed by atoms with van der Waals surface area (Å²) in [5.74, 6) is 1.02. The number of sulfonamides is 1. The molecular formula is C29H34ClN7O3S. The lowest BCUT2D eigenvalue weighted by molar-refractivity contribution is 0.221. The Morgan fingerprint density at radius 3 is 2.51 bits per heavy atom. The molecule has 0 aliphatic heterocycles. The molecule has 0 bridgehead atoms. The van der Waals surface area contributed by atoms with Crippen LogP contribution in [0.15, 0.2) is 53.6 Å². The minimum Gasteiger partial charge on any atom is -0.494 e. The first-order chi connectivity index (χ1) is 19.7. The highest BCUT2D eigenvalue weighted by atomic mass is 35.5. The Labute approximate surface area is 245 Å². The number of fused-ring (bicyclic) bond motifs is 1. The Balaban J connectivity index is 1.40. The number of hydrogen-bond acceptors (Lipinski definition) is 9. The maximum Gasteiger partial charge on any atom is 0.264 e. The van der Waals surface area contributed by atoms with Crippen LogP contribution in [0.2, 0.25) is 5.02 Å². The Hall–Kier alpha value is -3.54. The largest absolute Gasteiger partial charge is 0.494 e.